The van der Waals surface area contributed by atoms with Crippen molar-refractivity contribution in [3.8, 4) is 11.5 Å². The molecule has 4 heteroatoms. The van der Waals surface area contributed by atoms with Gasteiger partial charge in [0.05, 0.1) is 7.11 Å². The Labute approximate surface area is 121 Å². The van der Waals surface area contributed by atoms with Crippen LogP contribution in [0.4, 0.5) is 0 Å². The normalized spacial score (nSPS) is 18.2. The molecule has 2 rings (SSSR count). The second-order valence-corrected chi connectivity index (χ2v) is 5.86. The van der Waals surface area contributed by atoms with Gasteiger partial charge >= 0.3 is 0 Å². The average Bonchev–Trinajstić information content (AvgIpc) is 2.45. The molecule has 1 atom stereocenters. The number of phenolic OH excluding ortho intramolecular Hbond substituents is 1. The maximum absolute atomic E-state index is 10.0. The van der Waals surface area contributed by atoms with Crippen molar-refractivity contribution in [2.45, 2.75) is 26.3 Å². The summed E-state index contributed by atoms with van der Waals surface area (Å²) in [4.78, 5) is 2.51. The Bertz CT molecular complexity index is 428. The van der Waals surface area contributed by atoms with Gasteiger partial charge in [-0.15, -0.1) is 0 Å². The van der Waals surface area contributed by atoms with E-state index in [2.05, 4.69) is 30.1 Å². The number of methoxy groups -OCH3 is 1. The minimum atomic E-state index is 0.230. The van der Waals surface area contributed by atoms with Crippen molar-refractivity contribution in [1.82, 2.24) is 10.2 Å². The summed E-state index contributed by atoms with van der Waals surface area (Å²) in [5, 5.41) is 13.4. The molecule has 0 aromatic heterocycles. The molecule has 1 fully saturated rings. The average molecular weight is 278 g/mol. The first-order chi connectivity index (χ1) is 9.61. The van der Waals surface area contributed by atoms with Gasteiger partial charge in [0.15, 0.2) is 11.5 Å². The lowest BCUT2D eigenvalue weighted by Gasteiger charge is -2.36. The third-order valence-corrected chi connectivity index (χ3v) is 3.87. The maximum Gasteiger partial charge on any atom is 0.160 e. The first-order valence-electron chi connectivity index (χ1n) is 7.43. The molecule has 1 aromatic rings. The number of phenols is 1. The highest BCUT2D eigenvalue weighted by Crippen LogP contribution is 2.34. The second-order valence-electron chi connectivity index (χ2n) is 5.86. The van der Waals surface area contributed by atoms with E-state index in [0.717, 1.165) is 32.6 Å². The molecule has 1 saturated heterocycles. The van der Waals surface area contributed by atoms with Gasteiger partial charge in [-0.1, -0.05) is 19.9 Å². The van der Waals surface area contributed by atoms with Crippen molar-refractivity contribution < 1.29 is 9.84 Å². The molecule has 0 aliphatic carbocycles. The van der Waals surface area contributed by atoms with E-state index in [0.29, 0.717) is 17.7 Å². The van der Waals surface area contributed by atoms with E-state index in [1.807, 2.05) is 12.1 Å². The predicted molar refractivity (Wildman–Crippen MR) is 81.3 cm³/mol. The third-order valence-electron chi connectivity index (χ3n) is 3.87. The third kappa shape index (κ3) is 3.64. The van der Waals surface area contributed by atoms with Crippen molar-refractivity contribution in [2.24, 2.45) is 5.92 Å². The standard InChI is InChI=1S/C16H26N2O2/c1-12(2)10-14(18-8-6-17-7-9-18)13-4-5-16(20-3)15(19)11-13/h4-5,11-12,14,17,19H,6-10H2,1-3H3/t14-/m1/s1. The van der Waals surface area contributed by atoms with Crippen LogP contribution in [0, 0.1) is 5.92 Å². The minimum Gasteiger partial charge on any atom is -0.504 e. The minimum absolute atomic E-state index is 0.230. The van der Waals surface area contributed by atoms with Crippen LogP contribution in [0.1, 0.15) is 31.9 Å². The molecule has 0 spiro atoms. The molecular formula is C16H26N2O2. The van der Waals surface area contributed by atoms with Crippen molar-refractivity contribution in [3.63, 3.8) is 0 Å². The Balaban J connectivity index is 2.22. The van der Waals surface area contributed by atoms with E-state index in [4.69, 9.17) is 4.74 Å². The number of nitrogens with one attached hydrogen (secondary N) is 1. The number of nitrogens with zero attached hydrogens (tertiary/aromatic N) is 1. The number of hydrogen-bond acceptors (Lipinski definition) is 4. The zero-order chi connectivity index (χ0) is 14.5. The molecule has 0 saturated carbocycles. The molecule has 1 aromatic carbocycles. The van der Waals surface area contributed by atoms with E-state index >= 15 is 0 Å². The van der Waals surface area contributed by atoms with Gasteiger partial charge in [0.25, 0.3) is 0 Å². The van der Waals surface area contributed by atoms with Gasteiger partial charge in [0.1, 0.15) is 0 Å². The van der Waals surface area contributed by atoms with E-state index in [9.17, 15) is 5.11 Å². The van der Waals surface area contributed by atoms with Crippen LogP contribution in [0.25, 0.3) is 0 Å². The summed E-state index contributed by atoms with van der Waals surface area (Å²) in [6, 6.07) is 6.16. The van der Waals surface area contributed by atoms with E-state index in [1.165, 1.54) is 5.56 Å². The molecule has 0 unspecified atom stereocenters. The largest absolute Gasteiger partial charge is 0.504 e. The van der Waals surface area contributed by atoms with Crippen LogP contribution in [0.15, 0.2) is 18.2 Å². The molecule has 1 aliphatic heterocycles. The van der Waals surface area contributed by atoms with Crippen molar-refractivity contribution >= 4 is 0 Å². The molecule has 112 valence electrons. The number of benzene rings is 1. The lowest BCUT2D eigenvalue weighted by molar-refractivity contribution is 0.154. The van der Waals surface area contributed by atoms with Crippen LogP contribution < -0.4 is 10.1 Å². The molecule has 0 bridgehead atoms. The van der Waals surface area contributed by atoms with E-state index < -0.39 is 0 Å². The van der Waals surface area contributed by atoms with Crippen LogP contribution in [-0.4, -0.2) is 43.3 Å². The fraction of sp³-hybridized carbons (Fsp3) is 0.625. The van der Waals surface area contributed by atoms with Crippen LogP contribution in [0.5, 0.6) is 11.5 Å². The maximum atomic E-state index is 10.0. The fourth-order valence-electron chi connectivity index (χ4n) is 2.85. The molecule has 2 N–H and O–H groups in total. The van der Waals surface area contributed by atoms with Crippen molar-refractivity contribution in [3.05, 3.63) is 23.8 Å². The Morgan fingerprint density at radius 3 is 2.55 bits per heavy atom. The van der Waals surface area contributed by atoms with Gasteiger partial charge in [-0.3, -0.25) is 4.90 Å². The summed E-state index contributed by atoms with van der Waals surface area (Å²) in [5.74, 6) is 1.39. The highest BCUT2D eigenvalue weighted by molar-refractivity contribution is 5.42. The Hall–Kier alpha value is -1.26. The molecule has 1 heterocycles. The molecule has 20 heavy (non-hydrogen) atoms. The Kier molecular flexibility index (Phi) is 5.26. The SMILES string of the molecule is COc1ccc([C@@H](CC(C)C)N2CCNCC2)cc1O. The summed E-state index contributed by atoms with van der Waals surface area (Å²) in [6.45, 7) is 8.69. The summed E-state index contributed by atoms with van der Waals surface area (Å²) >= 11 is 0. The molecule has 1 aliphatic rings. The van der Waals surface area contributed by atoms with Crippen LogP contribution in [0.2, 0.25) is 0 Å². The van der Waals surface area contributed by atoms with Gasteiger partial charge in [-0.05, 0) is 30.0 Å². The lowest BCUT2D eigenvalue weighted by Crippen LogP contribution is -2.45. The first-order valence-corrected chi connectivity index (χ1v) is 7.43. The first kappa shape index (κ1) is 15.1. The summed E-state index contributed by atoms with van der Waals surface area (Å²) in [7, 11) is 1.58. The quantitative estimate of drug-likeness (QED) is 0.868. The Morgan fingerprint density at radius 1 is 1.30 bits per heavy atom. The van der Waals surface area contributed by atoms with Gasteiger partial charge < -0.3 is 15.2 Å². The van der Waals surface area contributed by atoms with Crippen LogP contribution in [-0.2, 0) is 0 Å². The number of hydrogen-bond donors (Lipinski definition) is 2. The molecule has 0 amide bonds. The summed E-state index contributed by atoms with van der Waals surface area (Å²) in [5.41, 5.74) is 1.18. The lowest BCUT2D eigenvalue weighted by atomic mass is 9.94. The van der Waals surface area contributed by atoms with Crippen LogP contribution in [0.3, 0.4) is 0 Å². The van der Waals surface area contributed by atoms with Gasteiger partial charge in [-0.25, -0.2) is 0 Å². The van der Waals surface area contributed by atoms with Gasteiger partial charge in [0, 0.05) is 32.2 Å². The highest BCUT2D eigenvalue weighted by atomic mass is 16.5. The number of ether oxygens (including phenoxy) is 1. The van der Waals surface area contributed by atoms with Crippen molar-refractivity contribution in [1.29, 1.82) is 0 Å². The fourth-order valence-corrected chi connectivity index (χ4v) is 2.85. The number of piperazine rings is 1. The van der Waals surface area contributed by atoms with Crippen molar-refractivity contribution in [2.75, 3.05) is 33.3 Å². The highest BCUT2D eigenvalue weighted by Gasteiger charge is 2.23. The summed E-state index contributed by atoms with van der Waals surface area (Å²) in [6.07, 6.45) is 1.10. The predicted octanol–water partition coefficient (Wildman–Crippen LogP) is 2.39. The molecular weight excluding hydrogens is 252 g/mol. The van der Waals surface area contributed by atoms with Gasteiger partial charge in [0.2, 0.25) is 0 Å². The topological polar surface area (TPSA) is 44.7 Å². The van der Waals surface area contributed by atoms with Gasteiger partial charge in [-0.2, -0.15) is 0 Å². The molecule has 0 radical (unpaired) electrons. The Morgan fingerprint density at radius 2 is 2.00 bits per heavy atom. The smallest absolute Gasteiger partial charge is 0.160 e. The second kappa shape index (κ2) is 6.95. The zero-order valence-corrected chi connectivity index (χ0v) is 12.7. The monoisotopic (exact) mass is 278 g/mol. The molecule has 4 nitrogen and oxygen atoms in total. The number of rotatable bonds is 5. The van der Waals surface area contributed by atoms with Crippen LogP contribution >= 0.6 is 0 Å². The zero-order valence-electron chi connectivity index (χ0n) is 12.7. The van der Waals surface area contributed by atoms with E-state index in [1.54, 1.807) is 7.11 Å². The summed E-state index contributed by atoms with van der Waals surface area (Å²) < 4.78 is 5.13. The number of aromatic hydroxyl groups is 1. The van der Waals surface area contributed by atoms with E-state index in [-0.39, 0.29) is 5.75 Å².